The van der Waals surface area contributed by atoms with E-state index in [1.807, 2.05) is 6.08 Å². The van der Waals surface area contributed by atoms with Crippen LogP contribution in [0.3, 0.4) is 0 Å². The van der Waals surface area contributed by atoms with Crippen molar-refractivity contribution in [3.63, 3.8) is 0 Å². The molecule has 0 amide bonds. The van der Waals surface area contributed by atoms with E-state index < -0.39 is 45.3 Å². The maximum absolute atomic E-state index is 14.6. The van der Waals surface area contributed by atoms with Gasteiger partial charge in [0.25, 0.3) is 0 Å². The van der Waals surface area contributed by atoms with Crippen LogP contribution < -0.4 is 0 Å². The van der Waals surface area contributed by atoms with Crippen molar-refractivity contribution < 1.29 is 26.3 Å². The summed E-state index contributed by atoms with van der Waals surface area (Å²) >= 11 is 4.70. The predicted octanol–water partition coefficient (Wildman–Crippen LogP) is 8.12. The fourth-order valence-corrected chi connectivity index (χ4v) is 4.30. The van der Waals surface area contributed by atoms with Gasteiger partial charge < -0.3 is 0 Å². The Bertz CT molecular complexity index is 880. The van der Waals surface area contributed by atoms with Gasteiger partial charge in [0, 0.05) is 0 Å². The second-order valence-corrected chi connectivity index (χ2v) is 8.28. The summed E-state index contributed by atoms with van der Waals surface area (Å²) in [5, 5.41) is -4.28. The molecule has 3 rings (SSSR count). The van der Waals surface area contributed by atoms with Crippen molar-refractivity contribution in [1.82, 2.24) is 0 Å². The lowest BCUT2D eigenvalue weighted by atomic mass is 9.79. The monoisotopic (exact) mass is 446 g/mol. The average Bonchev–Trinajstić information content (AvgIpc) is 2.64. The van der Waals surface area contributed by atoms with E-state index in [-0.39, 0.29) is 0 Å². The Labute approximate surface area is 176 Å². The van der Waals surface area contributed by atoms with Crippen LogP contribution in [0.15, 0.2) is 36.9 Å². The Morgan fingerprint density at radius 1 is 0.900 bits per heavy atom. The van der Waals surface area contributed by atoms with Gasteiger partial charge in [-0.05, 0) is 97.4 Å². The van der Waals surface area contributed by atoms with Gasteiger partial charge in [0.1, 0.15) is 28.8 Å². The molecule has 0 atom stereocenters. The Kier molecular flexibility index (Phi) is 6.85. The summed E-state index contributed by atoms with van der Waals surface area (Å²) < 4.78 is 83.4. The number of hydrogen-bond donors (Lipinski definition) is 0. The van der Waals surface area contributed by atoms with Crippen molar-refractivity contribution in [2.75, 3.05) is 0 Å². The number of alkyl halides is 3. The SMILES string of the molecule is C=CC1CCC(CCc2cc(F)c(-c3cc(F)c(C(F)(F)Cl)c(F)c3)c(F)c2)CC1. The Hall–Kier alpha value is -1.95. The van der Waals surface area contributed by atoms with Crippen molar-refractivity contribution in [3.8, 4) is 11.1 Å². The molecule has 1 aliphatic rings. The van der Waals surface area contributed by atoms with E-state index in [4.69, 9.17) is 11.6 Å². The molecule has 2 aromatic carbocycles. The van der Waals surface area contributed by atoms with Crippen molar-refractivity contribution in [2.45, 2.75) is 43.9 Å². The fourth-order valence-electron chi connectivity index (χ4n) is 4.12. The van der Waals surface area contributed by atoms with Crippen LogP contribution in [-0.4, -0.2) is 0 Å². The highest BCUT2D eigenvalue weighted by Crippen LogP contribution is 2.39. The highest BCUT2D eigenvalue weighted by Gasteiger charge is 2.36. The molecule has 0 unspecified atom stereocenters. The number of allylic oxidation sites excluding steroid dienone is 1. The molecular formula is C23H21ClF6. The first-order valence-electron chi connectivity index (χ1n) is 9.77. The summed E-state index contributed by atoms with van der Waals surface area (Å²) in [5.74, 6) is -4.37. The van der Waals surface area contributed by atoms with E-state index in [1.54, 1.807) is 0 Å². The van der Waals surface area contributed by atoms with Crippen molar-refractivity contribution >= 4 is 11.6 Å². The third kappa shape index (κ3) is 5.02. The summed E-state index contributed by atoms with van der Waals surface area (Å²) in [6.07, 6.45) is 7.41. The first-order valence-corrected chi connectivity index (χ1v) is 10.1. The minimum Gasteiger partial charge on any atom is -0.206 e. The van der Waals surface area contributed by atoms with Crippen LogP contribution in [0.5, 0.6) is 0 Å². The molecule has 7 heteroatoms. The molecule has 30 heavy (non-hydrogen) atoms. The van der Waals surface area contributed by atoms with E-state index >= 15 is 0 Å². The van der Waals surface area contributed by atoms with Crippen LogP contribution in [0.1, 0.15) is 43.2 Å². The molecule has 0 spiro atoms. The predicted molar refractivity (Wildman–Crippen MR) is 105 cm³/mol. The lowest BCUT2D eigenvalue weighted by Gasteiger charge is -2.26. The molecule has 2 aromatic rings. The number of halogens is 7. The van der Waals surface area contributed by atoms with E-state index in [9.17, 15) is 26.3 Å². The summed E-state index contributed by atoms with van der Waals surface area (Å²) in [6, 6.07) is 3.14. The summed E-state index contributed by atoms with van der Waals surface area (Å²) in [5.41, 5.74) is -2.41. The number of aryl methyl sites for hydroxylation is 1. The number of hydrogen-bond acceptors (Lipinski definition) is 0. The molecule has 162 valence electrons. The van der Waals surface area contributed by atoms with Gasteiger partial charge in [0.15, 0.2) is 0 Å². The maximum atomic E-state index is 14.6. The van der Waals surface area contributed by atoms with Gasteiger partial charge in [-0.15, -0.1) is 6.58 Å². The average molecular weight is 447 g/mol. The van der Waals surface area contributed by atoms with Gasteiger partial charge >= 0.3 is 5.38 Å². The highest BCUT2D eigenvalue weighted by molar-refractivity contribution is 6.21. The lowest BCUT2D eigenvalue weighted by molar-refractivity contribution is 0.0859. The van der Waals surface area contributed by atoms with Crippen LogP contribution in [0, 0.1) is 35.1 Å². The fraction of sp³-hybridized carbons (Fsp3) is 0.391. The van der Waals surface area contributed by atoms with Crippen LogP contribution in [0.25, 0.3) is 11.1 Å². The first-order chi connectivity index (χ1) is 14.1. The zero-order valence-corrected chi connectivity index (χ0v) is 16.9. The molecule has 0 N–H and O–H groups in total. The summed E-state index contributed by atoms with van der Waals surface area (Å²) in [6.45, 7) is 3.81. The quantitative estimate of drug-likeness (QED) is 0.239. The molecule has 1 saturated carbocycles. The van der Waals surface area contributed by atoms with Gasteiger partial charge in [0.2, 0.25) is 0 Å². The van der Waals surface area contributed by atoms with Crippen LogP contribution >= 0.6 is 11.6 Å². The Balaban J connectivity index is 1.79. The van der Waals surface area contributed by atoms with Crippen LogP contribution in [0.4, 0.5) is 26.3 Å². The molecule has 0 heterocycles. The van der Waals surface area contributed by atoms with Crippen LogP contribution in [-0.2, 0) is 11.8 Å². The molecule has 0 saturated heterocycles. The van der Waals surface area contributed by atoms with Crippen LogP contribution in [0.2, 0.25) is 0 Å². The Morgan fingerprint density at radius 3 is 1.90 bits per heavy atom. The van der Waals surface area contributed by atoms with Crippen molar-refractivity contribution in [1.29, 1.82) is 0 Å². The minimum atomic E-state index is -4.28. The molecular weight excluding hydrogens is 426 g/mol. The van der Waals surface area contributed by atoms with E-state index in [2.05, 4.69) is 6.58 Å². The summed E-state index contributed by atoms with van der Waals surface area (Å²) in [7, 11) is 0. The van der Waals surface area contributed by atoms with E-state index in [1.165, 1.54) is 0 Å². The zero-order chi connectivity index (χ0) is 22.1. The molecule has 0 aliphatic heterocycles. The molecule has 0 bridgehead atoms. The van der Waals surface area contributed by atoms with Crippen molar-refractivity contribution in [2.24, 2.45) is 11.8 Å². The largest absolute Gasteiger partial charge is 0.353 e. The smallest absolute Gasteiger partial charge is 0.206 e. The normalized spacial score (nSPS) is 19.7. The Morgan fingerprint density at radius 2 is 1.43 bits per heavy atom. The van der Waals surface area contributed by atoms with Gasteiger partial charge in [0.05, 0.1) is 5.56 Å². The molecule has 1 aliphatic carbocycles. The molecule has 0 aromatic heterocycles. The lowest BCUT2D eigenvalue weighted by Crippen LogP contribution is -2.13. The topological polar surface area (TPSA) is 0 Å². The van der Waals surface area contributed by atoms with E-state index in [0.29, 0.717) is 36.0 Å². The van der Waals surface area contributed by atoms with Gasteiger partial charge in [-0.1, -0.05) is 6.08 Å². The second kappa shape index (κ2) is 9.04. The highest BCUT2D eigenvalue weighted by atomic mass is 35.5. The van der Waals surface area contributed by atoms with Gasteiger partial charge in [-0.2, -0.15) is 8.78 Å². The molecule has 0 radical (unpaired) electrons. The van der Waals surface area contributed by atoms with Gasteiger partial charge in [-0.25, -0.2) is 17.6 Å². The summed E-state index contributed by atoms with van der Waals surface area (Å²) in [4.78, 5) is 0. The first kappa shape index (κ1) is 22.7. The molecule has 0 nitrogen and oxygen atoms in total. The zero-order valence-electron chi connectivity index (χ0n) is 16.1. The second-order valence-electron chi connectivity index (χ2n) is 7.80. The van der Waals surface area contributed by atoms with E-state index in [0.717, 1.165) is 44.2 Å². The van der Waals surface area contributed by atoms with Gasteiger partial charge in [-0.3, -0.25) is 0 Å². The number of benzene rings is 2. The standard InChI is InChI=1S/C23H21ClF6/c1-2-13-3-5-14(6-4-13)7-8-15-9-17(25)21(18(26)10-15)16-11-19(27)22(20(28)12-16)23(24,29)30/h2,9-14H,1,3-8H2. The third-order valence-electron chi connectivity index (χ3n) is 5.78. The van der Waals surface area contributed by atoms with Crippen molar-refractivity contribution in [3.05, 3.63) is 71.3 Å². The molecule has 1 fully saturated rings. The minimum absolute atomic E-state index is 0.435. The maximum Gasteiger partial charge on any atom is 0.353 e. The number of rotatable bonds is 6. The third-order valence-corrected chi connectivity index (χ3v) is 5.97.